The van der Waals surface area contributed by atoms with Crippen LogP contribution in [0.3, 0.4) is 0 Å². The zero-order valence-electron chi connectivity index (χ0n) is 9.48. The topological polar surface area (TPSA) is 24.5 Å². The first-order chi connectivity index (χ1) is 7.93. The number of fused-ring (bicyclic) bond motifs is 1. The third kappa shape index (κ3) is 1.93. The van der Waals surface area contributed by atoms with Crippen LogP contribution in [0, 0.1) is 0 Å². The molecule has 0 saturated carbocycles. The number of nitrogens with one attached hydrogen (secondary N) is 1. The molecule has 1 aromatic rings. The van der Waals surface area contributed by atoms with Gasteiger partial charge in [-0.05, 0) is 18.1 Å². The van der Waals surface area contributed by atoms with E-state index in [0.29, 0.717) is 6.10 Å². The minimum absolute atomic E-state index is 0.347. The van der Waals surface area contributed by atoms with E-state index in [0.717, 1.165) is 32.8 Å². The average molecular weight is 218 g/mol. The van der Waals surface area contributed by atoms with Crippen LogP contribution in [0.4, 0.5) is 5.69 Å². The Kier molecular flexibility index (Phi) is 2.80. The van der Waals surface area contributed by atoms with Crippen molar-refractivity contribution >= 4 is 5.69 Å². The molecule has 0 bridgehead atoms. The summed E-state index contributed by atoms with van der Waals surface area (Å²) < 4.78 is 5.75. The van der Waals surface area contributed by atoms with Crippen LogP contribution in [-0.4, -0.2) is 38.9 Å². The highest BCUT2D eigenvalue weighted by molar-refractivity contribution is 5.57. The second kappa shape index (κ2) is 4.44. The Balaban J connectivity index is 1.68. The highest BCUT2D eigenvalue weighted by Crippen LogP contribution is 2.27. The summed E-state index contributed by atoms with van der Waals surface area (Å²) in [6, 6.07) is 8.70. The van der Waals surface area contributed by atoms with Crippen molar-refractivity contribution in [2.75, 3.05) is 37.7 Å². The van der Waals surface area contributed by atoms with Gasteiger partial charge in [0.25, 0.3) is 0 Å². The van der Waals surface area contributed by atoms with Crippen LogP contribution in [0.5, 0.6) is 0 Å². The Bertz CT molecular complexity index is 361. The number of nitrogens with zero attached hydrogens (tertiary/aromatic N) is 1. The summed E-state index contributed by atoms with van der Waals surface area (Å²) >= 11 is 0. The molecule has 2 aliphatic rings. The fraction of sp³-hybridized carbons (Fsp3) is 0.538. The summed E-state index contributed by atoms with van der Waals surface area (Å²) in [6.45, 7) is 4.98. The fourth-order valence-corrected chi connectivity index (χ4v) is 2.58. The summed E-state index contributed by atoms with van der Waals surface area (Å²) in [5.41, 5.74) is 2.88. The highest BCUT2D eigenvalue weighted by Gasteiger charge is 2.22. The molecule has 0 radical (unpaired) electrons. The maximum Gasteiger partial charge on any atom is 0.0874 e. The number of hydrogen-bond acceptors (Lipinski definition) is 3. The molecule has 2 aliphatic heterocycles. The van der Waals surface area contributed by atoms with Crippen molar-refractivity contribution in [3.63, 3.8) is 0 Å². The summed E-state index contributed by atoms with van der Waals surface area (Å²) in [6.07, 6.45) is 1.52. The molecule has 1 atom stereocenters. The normalized spacial score (nSPS) is 24.5. The molecule has 0 aromatic heterocycles. The summed E-state index contributed by atoms with van der Waals surface area (Å²) in [5, 5.41) is 3.38. The molecule has 1 N–H and O–H groups in total. The Labute approximate surface area is 96.4 Å². The van der Waals surface area contributed by atoms with Gasteiger partial charge >= 0.3 is 0 Å². The van der Waals surface area contributed by atoms with Crippen LogP contribution in [0.2, 0.25) is 0 Å². The smallest absolute Gasteiger partial charge is 0.0874 e. The monoisotopic (exact) mass is 218 g/mol. The van der Waals surface area contributed by atoms with Gasteiger partial charge in [-0.3, -0.25) is 0 Å². The lowest BCUT2D eigenvalue weighted by Crippen LogP contribution is -2.45. The number of para-hydroxylation sites is 1. The lowest BCUT2D eigenvalue weighted by Gasteiger charge is -2.29. The maximum absolute atomic E-state index is 5.75. The third-order valence-corrected chi connectivity index (χ3v) is 3.41. The van der Waals surface area contributed by atoms with E-state index >= 15 is 0 Å². The SMILES string of the molecule is c1ccc2c(c1)CCN2CC1CNCCO1. The zero-order chi connectivity index (χ0) is 10.8. The number of morpholine rings is 1. The van der Waals surface area contributed by atoms with Gasteiger partial charge < -0.3 is 15.0 Å². The van der Waals surface area contributed by atoms with Gasteiger partial charge in [-0.25, -0.2) is 0 Å². The summed E-state index contributed by atoms with van der Waals surface area (Å²) in [4.78, 5) is 2.45. The van der Waals surface area contributed by atoms with Crippen molar-refractivity contribution in [1.82, 2.24) is 5.32 Å². The number of benzene rings is 1. The van der Waals surface area contributed by atoms with Crippen molar-refractivity contribution in [1.29, 1.82) is 0 Å². The van der Waals surface area contributed by atoms with E-state index in [-0.39, 0.29) is 0 Å². The molecule has 3 rings (SSSR count). The molecule has 3 nitrogen and oxygen atoms in total. The van der Waals surface area contributed by atoms with Gasteiger partial charge in [0.05, 0.1) is 12.7 Å². The third-order valence-electron chi connectivity index (χ3n) is 3.41. The van der Waals surface area contributed by atoms with Gasteiger partial charge in [-0.15, -0.1) is 0 Å². The Morgan fingerprint density at radius 2 is 2.31 bits per heavy atom. The fourth-order valence-electron chi connectivity index (χ4n) is 2.58. The Morgan fingerprint density at radius 3 is 3.19 bits per heavy atom. The van der Waals surface area contributed by atoms with E-state index in [4.69, 9.17) is 4.74 Å². The van der Waals surface area contributed by atoms with Crippen molar-refractivity contribution in [2.24, 2.45) is 0 Å². The number of hydrogen-bond donors (Lipinski definition) is 1. The number of anilines is 1. The summed E-state index contributed by atoms with van der Waals surface area (Å²) in [7, 11) is 0. The molecule has 2 heterocycles. The van der Waals surface area contributed by atoms with E-state index in [9.17, 15) is 0 Å². The van der Waals surface area contributed by atoms with Gasteiger partial charge in [0, 0.05) is 31.9 Å². The van der Waals surface area contributed by atoms with Gasteiger partial charge in [0.15, 0.2) is 0 Å². The molecular formula is C13H18N2O. The molecular weight excluding hydrogens is 200 g/mol. The van der Waals surface area contributed by atoms with Crippen LogP contribution in [0.15, 0.2) is 24.3 Å². The van der Waals surface area contributed by atoms with E-state index in [1.54, 1.807) is 0 Å². The lowest BCUT2D eigenvalue weighted by atomic mass is 10.2. The van der Waals surface area contributed by atoms with Crippen molar-refractivity contribution in [3.05, 3.63) is 29.8 Å². The lowest BCUT2D eigenvalue weighted by molar-refractivity contribution is 0.0336. The molecule has 0 aliphatic carbocycles. The molecule has 1 fully saturated rings. The summed E-state index contributed by atoms with van der Waals surface area (Å²) in [5.74, 6) is 0. The molecule has 0 spiro atoms. The first-order valence-corrected chi connectivity index (χ1v) is 6.08. The van der Waals surface area contributed by atoms with Crippen molar-refractivity contribution in [2.45, 2.75) is 12.5 Å². The highest BCUT2D eigenvalue weighted by atomic mass is 16.5. The van der Waals surface area contributed by atoms with Gasteiger partial charge in [0.2, 0.25) is 0 Å². The standard InChI is InChI=1S/C13H18N2O/c1-2-4-13-11(3-1)5-7-15(13)10-12-9-14-6-8-16-12/h1-4,12,14H,5-10H2. The second-order valence-corrected chi connectivity index (χ2v) is 4.52. The predicted molar refractivity (Wildman–Crippen MR) is 65.0 cm³/mol. The molecule has 16 heavy (non-hydrogen) atoms. The molecule has 86 valence electrons. The van der Waals surface area contributed by atoms with Crippen LogP contribution < -0.4 is 10.2 Å². The Hall–Kier alpha value is -1.06. The first-order valence-electron chi connectivity index (χ1n) is 6.08. The number of ether oxygens (including phenoxy) is 1. The van der Waals surface area contributed by atoms with E-state index in [1.165, 1.54) is 17.7 Å². The van der Waals surface area contributed by atoms with Gasteiger partial charge in [0.1, 0.15) is 0 Å². The number of rotatable bonds is 2. The molecule has 1 saturated heterocycles. The average Bonchev–Trinajstić information content (AvgIpc) is 2.74. The molecule has 3 heteroatoms. The first kappa shape index (κ1) is 10.1. The minimum atomic E-state index is 0.347. The molecule has 1 unspecified atom stereocenters. The van der Waals surface area contributed by atoms with E-state index in [2.05, 4.69) is 34.5 Å². The van der Waals surface area contributed by atoms with Crippen LogP contribution in [0.25, 0.3) is 0 Å². The predicted octanol–water partition coefficient (Wildman–Crippen LogP) is 1.04. The minimum Gasteiger partial charge on any atom is -0.374 e. The van der Waals surface area contributed by atoms with Gasteiger partial charge in [-0.2, -0.15) is 0 Å². The molecule has 1 aromatic carbocycles. The van der Waals surface area contributed by atoms with E-state index < -0.39 is 0 Å². The van der Waals surface area contributed by atoms with Crippen LogP contribution in [-0.2, 0) is 11.2 Å². The maximum atomic E-state index is 5.75. The van der Waals surface area contributed by atoms with Crippen LogP contribution in [0.1, 0.15) is 5.56 Å². The quantitative estimate of drug-likeness (QED) is 0.802. The van der Waals surface area contributed by atoms with Crippen molar-refractivity contribution in [3.8, 4) is 0 Å². The molecule has 0 amide bonds. The van der Waals surface area contributed by atoms with E-state index in [1.807, 2.05) is 0 Å². The van der Waals surface area contributed by atoms with Gasteiger partial charge in [-0.1, -0.05) is 18.2 Å². The van der Waals surface area contributed by atoms with Crippen LogP contribution >= 0.6 is 0 Å². The zero-order valence-corrected chi connectivity index (χ0v) is 9.48. The Morgan fingerprint density at radius 1 is 1.38 bits per heavy atom. The van der Waals surface area contributed by atoms with Crippen molar-refractivity contribution < 1.29 is 4.74 Å². The largest absolute Gasteiger partial charge is 0.374 e. The second-order valence-electron chi connectivity index (χ2n) is 4.52.